The van der Waals surface area contributed by atoms with Crippen molar-refractivity contribution >= 4 is 17.6 Å². The summed E-state index contributed by atoms with van der Waals surface area (Å²) in [5.41, 5.74) is 1.11. The zero-order valence-electron chi connectivity index (χ0n) is 11.4. The molecule has 1 aromatic rings. The normalized spacial score (nSPS) is 12.8. The van der Waals surface area contributed by atoms with Crippen LogP contribution in [0, 0.1) is 0 Å². The second kappa shape index (κ2) is 6.84. The van der Waals surface area contributed by atoms with Crippen LogP contribution in [0.4, 0.5) is 5.82 Å². The van der Waals surface area contributed by atoms with E-state index in [0.29, 0.717) is 11.2 Å². The molecule has 0 saturated heterocycles. The summed E-state index contributed by atoms with van der Waals surface area (Å²) in [6, 6.07) is 2.03. The maximum Gasteiger partial charge on any atom is 0.140 e. The molecule has 0 spiro atoms. The molecule has 1 aromatic heterocycles. The number of aromatic nitrogens is 2. The maximum atomic E-state index is 4.62. The van der Waals surface area contributed by atoms with Crippen molar-refractivity contribution < 1.29 is 0 Å². The topological polar surface area (TPSA) is 37.8 Å². The maximum absolute atomic E-state index is 4.62. The van der Waals surface area contributed by atoms with Gasteiger partial charge < -0.3 is 5.32 Å². The zero-order valence-corrected chi connectivity index (χ0v) is 12.3. The van der Waals surface area contributed by atoms with Crippen molar-refractivity contribution in [2.45, 2.75) is 51.0 Å². The molecule has 1 heterocycles. The van der Waals surface area contributed by atoms with Gasteiger partial charge in [0.05, 0.1) is 5.75 Å². The minimum absolute atomic E-state index is 0.442. The van der Waals surface area contributed by atoms with E-state index in [1.807, 2.05) is 24.9 Å². The number of nitrogens with one attached hydrogen (secondary N) is 1. The Morgan fingerprint density at radius 1 is 1.29 bits per heavy atom. The fraction of sp³-hybridized carbons (Fsp3) is 0.692. The Hall–Kier alpha value is -0.770. The van der Waals surface area contributed by atoms with Gasteiger partial charge in [0.2, 0.25) is 0 Å². The van der Waals surface area contributed by atoms with Crippen molar-refractivity contribution in [2.24, 2.45) is 0 Å². The lowest BCUT2D eigenvalue weighted by Crippen LogP contribution is -2.05. The summed E-state index contributed by atoms with van der Waals surface area (Å²) in [6.07, 6.45) is 1.19. The lowest BCUT2D eigenvalue weighted by atomic mass is 10.1. The minimum Gasteiger partial charge on any atom is -0.373 e. The van der Waals surface area contributed by atoms with Crippen LogP contribution in [0.3, 0.4) is 0 Å². The van der Waals surface area contributed by atoms with Gasteiger partial charge in [0.25, 0.3) is 0 Å². The number of nitrogens with zero attached hydrogens (tertiary/aromatic N) is 2. The van der Waals surface area contributed by atoms with Crippen molar-refractivity contribution in [1.29, 1.82) is 0 Å². The summed E-state index contributed by atoms with van der Waals surface area (Å²) < 4.78 is 0. The predicted octanol–water partition coefficient (Wildman–Crippen LogP) is 3.67. The molecular formula is C13H23N3S. The summed E-state index contributed by atoms with van der Waals surface area (Å²) in [5, 5.41) is 3.77. The first kappa shape index (κ1) is 14.3. The van der Waals surface area contributed by atoms with E-state index in [4.69, 9.17) is 0 Å². The van der Waals surface area contributed by atoms with Crippen LogP contribution >= 0.6 is 11.8 Å². The number of thioether (sulfide) groups is 1. The summed E-state index contributed by atoms with van der Waals surface area (Å²) in [5.74, 6) is 3.19. The van der Waals surface area contributed by atoms with Crippen LogP contribution in [-0.2, 0) is 5.75 Å². The van der Waals surface area contributed by atoms with E-state index in [9.17, 15) is 0 Å². The quantitative estimate of drug-likeness (QED) is 0.839. The van der Waals surface area contributed by atoms with Gasteiger partial charge in [0, 0.05) is 24.1 Å². The molecule has 1 atom stereocenters. The highest BCUT2D eigenvalue weighted by Crippen LogP contribution is 2.21. The minimum atomic E-state index is 0.442. The molecule has 0 radical (unpaired) electrons. The van der Waals surface area contributed by atoms with E-state index >= 15 is 0 Å². The summed E-state index contributed by atoms with van der Waals surface area (Å²) >= 11 is 1.92. The van der Waals surface area contributed by atoms with Crippen LogP contribution in [0.5, 0.6) is 0 Å². The predicted molar refractivity (Wildman–Crippen MR) is 76.7 cm³/mol. The molecule has 17 heavy (non-hydrogen) atoms. The van der Waals surface area contributed by atoms with E-state index in [0.717, 1.165) is 23.1 Å². The largest absolute Gasteiger partial charge is 0.373 e. The van der Waals surface area contributed by atoms with Crippen LogP contribution in [-0.4, -0.2) is 22.3 Å². The van der Waals surface area contributed by atoms with E-state index in [-0.39, 0.29) is 0 Å². The lowest BCUT2D eigenvalue weighted by Gasteiger charge is -2.11. The summed E-state index contributed by atoms with van der Waals surface area (Å²) in [4.78, 5) is 9.11. The monoisotopic (exact) mass is 253 g/mol. The molecular weight excluding hydrogens is 230 g/mol. The Morgan fingerprint density at radius 2 is 2.00 bits per heavy atom. The molecule has 3 nitrogen and oxygen atoms in total. The van der Waals surface area contributed by atoms with Gasteiger partial charge in [-0.25, -0.2) is 9.97 Å². The number of hydrogen-bond acceptors (Lipinski definition) is 4. The number of rotatable bonds is 6. The third-order valence-electron chi connectivity index (χ3n) is 2.71. The molecule has 4 heteroatoms. The average Bonchev–Trinajstić information content (AvgIpc) is 2.35. The summed E-state index contributed by atoms with van der Waals surface area (Å²) in [6.45, 7) is 8.78. The Labute approximate surface area is 109 Å². The highest BCUT2D eigenvalue weighted by molar-refractivity contribution is 7.99. The van der Waals surface area contributed by atoms with Gasteiger partial charge in [0.1, 0.15) is 11.6 Å². The molecule has 0 aliphatic carbocycles. The third-order valence-corrected chi connectivity index (χ3v) is 4.04. The molecule has 0 amide bonds. The molecule has 0 aromatic carbocycles. The van der Waals surface area contributed by atoms with Gasteiger partial charge in [-0.05, 0) is 12.3 Å². The highest BCUT2D eigenvalue weighted by atomic mass is 32.2. The number of hydrogen-bond donors (Lipinski definition) is 1. The second-order valence-corrected chi connectivity index (χ2v) is 5.96. The molecule has 0 fully saturated rings. The Kier molecular flexibility index (Phi) is 5.75. The van der Waals surface area contributed by atoms with Crippen LogP contribution in [0.2, 0.25) is 0 Å². The molecule has 0 bridgehead atoms. The first-order chi connectivity index (χ1) is 8.06. The van der Waals surface area contributed by atoms with Gasteiger partial charge in [0.15, 0.2) is 0 Å². The van der Waals surface area contributed by atoms with E-state index in [1.54, 1.807) is 0 Å². The van der Waals surface area contributed by atoms with Gasteiger partial charge in [-0.2, -0.15) is 11.8 Å². The Morgan fingerprint density at radius 3 is 2.53 bits per heavy atom. The Bertz CT molecular complexity index is 353. The first-order valence-electron chi connectivity index (χ1n) is 6.24. The van der Waals surface area contributed by atoms with Crippen molar-refractivity contribution in [1.82, 2.24) is 9.97 Å². The molecule has 1 rings (SSSR count). The van der Waals surface area contributed by atoms with Crippen molar-refractivity contribution in [2.75, 3.05) is 12.4 Å². The van der Waals surface area contributed by atoms with E-state index < -0.39 is 0 Å². The molecule has 0 aliphatic rings. The number of anilines is 1. The Balaban J connectivity index is 2.80. The smallest absolute Gasteiger partial charge is 0.140 e. The van der Waals surface area contributed by atoms with Crippen LogP contribution in [0.15, 0.2) is 6.07 Å². The van der Waals surface area contributed by atoms with Crippen LogP contribution in [0.25, 0.3) is 0 Å². The molecule has 0 aliphatic heterocycles. The van der Waals surface area contributed by atoms with Gasteiger partial charge in [-0.15, -0.1) is 0 Å². The van der Waals surface area contributed by atoms with Crippen LogP contribution < -0.4 is 5.32 Å². The lowest BCUT2D eigenvalue weighted by molar-refractivity contribution is 0.799. The fourth-order valence-electron chi connectivity index (χ4n) is 1.34. The molecule has 1 unspecified atom stereocenters. The zero-order chi connectivity index (χ0) is 12.8. The van der Waals surface area contributed by atoms with Crippen LogP contribution in [0.1, 0.15) is 51.6 Å². The van der Waals surface area contributed by atoms with Crippen molar-refractivity contribution in [3.63, 3.8) is 0 Å². The molecule has 0 saturated carbocycles. The van der Waals surface area contributed by atoms with E-state index in [2.05, 4.69) is 43.0 Å². The van der Waals surface area contributed by atoms with E-state index in [1.165, 1.54) is 6.42 Å². The van der Waals surface area contributed by atoms with Gasteiger partial charge in [-0.1, -0.05) is 27.7 Å². The third kappa shape index (κ3) is 4.54. The standard InChI is InChI=1S/C13H23N3S/c1-6-10(4)17-8-13-15-11(9(2)3)7-12(14-5)16-13/h7,9-10H,6,8H2,1-5H3,(H,14,15,16). The van der Waals surface area contributed by atoms with Gasteiger partial charge >= 0.3 is 0 Å². The molecule has 1 N–H and O–H groups in total. The SMILES string of the molecule is CCC(C)SCc1nc(NC)cc(C(C)C)n1. The molecule has 96 valence electrons. The average molecular weight is 253 g/mol. The van der Waals surface area contributed by atoms with Gasteiger partial charge in [-0.3, -0.25) is 0 Å². The second-order valence-electron chi connectivity index (χ2n) is 4.53. The van der Waals surface area contributed by atoms with Crippen molar-refractivity contribution in [3.05, 3.63) is 17.6 Å². The van der Waals surface area contributed by atoms with Crippen molar-refractivity contribution in [3.8, 4) is 0 Å². The summed E-state index contributed by atoms with van der Waals surface area (Å²) in [7, 11) is 1.90. The fourth-order valence-corrected chi connectivity index (χ4v) is 2.14. The highest BCUT2D eigenvalue weighted by Gasteiger charge is 2.08. The first-order valence-corrected chi connectivity index (χ1v) is 7.28.